The first-order chi connectivity index (χ1) is 8.56. The van der Waals surface area contributed by atoms with Gasteiger partial charge in [-0.15, -0.1) is 0 Å². The highest BCUT2D eigenvalue weighted by Gasteiger charge is 2.10. The third-order valence-corrected chi connectivity index (χ3v) is 2.89. The van der Waals surface area contributed by atoms with E-state index in [9.17, 15) is 0 Å². The lowest BCUT2D eigenvalue weighted by Gasteiger charge is -2.16. The Bertz CT molecular complexity index is 518. The summed E-state index contributed by atoms with van der Waals surface area (Å²) in [7, 11) is 0. The minimum Gasteiger partial charge on any atom is -0.368 e. The highest BCUT2D eigenvalue weighted by atomic mass is 15.2. The summed E-state index contributed by atoms with van der Waals surface area (Å²) in [5.41, 5.74) is 6.34. The van der Waals surface area contributed by atoms with Crippen LogP contribution in [-0.4, -0.2) is 26.2 Å². The number of rotatable bonds is 5. The van der Waals surface area contributed by atoms with Crippen LogP contribution in [0.25, 0.3) is 11.0 Å². The lowest BCUT2D eigenvalue weighted by Crippen LogP contribution is -2.17. The van der Waals surface area contributed by atoms with Gasteiger partial charge in [-0.3, -0.25) is 5.10 Å². The van der Waals surface area contributed by atoms with Crippen molar-refractivity contribution in [3.8, 4) is 0 Å². The normalized spacial score (nSPS) is 13.1. The molecule has 6 nitrogen and oxygen atoms in total. The van der Waals surface area contributed by atoms with Gasteiger partial charge in [0.15, 0.2) is 5.65 Å². The molecule has 1 unspecified atom stereocenters. The van der Waals surface area contributed by atoms with Crippen molar-refractivity contribution in [2.75, 3.05) is 11.1 Å². The van der Waals surface area contributed by atoms with E-state index in [-0.39, 0.29) is 5.95 Å². The molecule has 0 amide bonds. The number of fused-ring (bicyclic) bond motifs is 1. The van der Waals surface area contributed by atoms with Crippen LogP contribution in [0, 0.1) is 5.92 Å². The zero-order chi connectivity index (χ0) is 13.1. The number of hydrogen-bond acceptors (Lipinski definition) is 5. The van der Waals surface area contributed by atoms with Crippen molar-refractivity contribution in [3.63, 3.8) is 0 Å². The van der Waals surface area contributed by atoms with Crippen molar-refractivity contribution in [1.82, 2.24) is 20.2 Å². The summed E-state index contributed by atoms with van der Waals surface area (Å²) in [6.07, 6.45) is 4.00. The fraction of sp³-hybridized carbons (Fsp3) is 0.583. The number of anilines is 2. The molecule has 2 rings (SSSR count). The van der Waals surface area contributed by atoms with Crippen molar-refractivity contribution < 1.29 is 0 Å². The van der Waals surface area contributed by atoms with E-state index in [1.807, 2.05) is 0 Å². The van der Waals surface area contributed by atoms with E-state index >= 15 is 0 Å². The topological polar surface area (TPSA) is 92.5 Å². The van der Waals surface area contributed by atoms with Crippen molar-refractivity contribution in [1.29, 1.82) is 0 Å². The second kappa shape index (κ2) is 5.20. The van der Waals surface area contributed by atoms with Gasteiger partial charge in [-0.1, -0.05) is 13.8 Å². The Morgan fingerprint density at radius 2 is 2.06 bits per heavy atom. The summed E-state index contributed by atoms with van der Waals surface area (Å²) in [6.45, 7) is 6.60. The summed E-state index contributed by atoms with van der Waals surface area (Å²) in [6, 6.07) is 0.347. The molecule has 0 bridgehead atoms. The van der Waals surface area contributed by atoms with Crippen LogP contribution >= 0.6 is 0 Å². The Labute approximate surface area is 106 Å². The van der Waals surface area contributed by atoms with E-state index in [1.54, 1.807) is 6.20 Å². The van der Waals surface area contributed by atoms with Gasteiger partial charge >= 0.3 is 0 Å². The fourth-order valence-corrected chi connectivity index (χ4v) is 1.85. The maximum absolute atomic E-state index is 5.67. The van der Waals surface area contributed by atoms with Gasteiger partial charge in [-0.25, -0.2) is 0 Å². The lowest BCUT2D eigenvalue weighted by atomic mass is 10.0. The third-order valence-electron chi connectivity index (χ3n) is 2.89. The van der Waals surface area contributed by atoms with E-state index < -0.39 is 0 Å². The SMILES string of the molecule is CC(C)CCC(C)Nc1nc(N)nc2[nH]ncc12. The van der Waals surface area contributed by atoms with Crippen LogP contribution in [0.1, 0.15) is 33.6 Å². The molecule has 0 aromatic carbocycles. The Balaban J connectivity index is 2.13. The maximum atomic E-state index is 5.67. The molecule has 0 aliphatic heterocycles. The smallest absolute Gasteiger partial charge is 0.224 e. The monoisotopic (exact) mass is 248 g/mol. The van der Waals surface area contributed by atoms with Gasteiger partial charge < -0.3 is 11.1 Å². The van der Waals surface area contributed by atoms with Crippen LogP contribution in [0.2, 0.25) is 0 Å². The number of nitrogens with zero attached hydrogens (tertiary/aromatic N) is 3. The average molecular weight is 248 g/mol. The first kappa shape index (κ1) is 12.6. The number of nitrogen functional groups attached to an aromatic ring is 1. The van der Waals surface area contributed by atoms with Gasteiger partial charge in [-0.05, 0) is 25.7 Å². The standard InChI is InChI=1S/C12H20N6/c1-7(2)4-5-8(3)15-10-9-6-14-18-11(9)17-12(13)16-10/h6-8H,4-5H2,1-3H3,(H4,13,14,15,16,17,18). The fourth-order valence-electron chi connectivity index (χ4n) is 1.85. The molecular formula is C12H20N6. The number of hydrogen-bond donors (Lipinski definition) is 3. The molecule has 0 spiro atoms. The molecule has 2 aromatic heterocycles. The molecule has 0 fully saturated rings. The van der Waals surface area contributed by atoms with Crippen molar-refractivity contribution in [2.24, 2.45) is 5.92 Å². The summed E-state index contributed by atoms with van der Waals surface area (Å²) >= 11 is 0. The predicted molar refractivity (Wildman–Crippen MR) is 73.3 cm³/mol. The number of nitrogens with one attached hydrogen (secondary N) is 2. The molecular weight excluding hydrogens is 228 g/mol. The highest BCUT2D eigenvalue weighted by Crippen LogP contribution is 2.20. The zero-order valence-electron chi connectivity index (χ0n) is 11.1. The van der Waals surface area contributed by atoms with Gasteiger partial charge in [0.05, 0.1) is 11.6 Å². The molecule has 1 atom stereocenters. The summed E-state index contributed by atoms with van der Waals surface area (Å²) in [5, 5.41) is 11.0. The van der Waals surface area contributed by atoms with Crippen LogP contribution < -0.4 is 11.1 Å². The van der Waals surface area contributed by atoms with E-state index in [0.717, 1.165) is 17.6 Å². The van der Waals surface area contributed by atoms with E-state index in [2.05, 4.69) is 46.3 Å². The molecule has 6 heteroatoms. The van der Waals surface area contributed by atoms with Crippen LogP contribution in [0.3, 0.4) is 0 Å². The minimum absolute atomic E-state index is 0.255. The molecule has 18 heavy (non-hydrogen) atoms. The van der Waals surface area contributed by atoms with Crippen molar-refractivity contribution in [2.45, 2.75) is 39.7 Å². The van der Waals surface area contributed by atoms with Gasteiger partial charge in [0.2, 0.25) is 5.95 Å². The van der Waals surface area contributed by atoms with Crippen LogP contribution in [0.15, 0.2) is 6.20 Å². The maximum Gasteiger partial charge on any atom is 0.224 e. The van der Waals surface area contributed by atoms with Crippen LogP contribution in [0.4, 0.5) is 11.8 Å². The summed E-state index contributed by atoms with van der Waals surface area (Å²) in [4.78, 5) is 8.32. The number of aromatic amines is 1. The largest absolute Gasteiger partial charge is 0.368 e. The second-order valence-corrected chi connectivity index (χ2v) is 5.08. The molecule has 0 saturated carbocycles. The van der Waals surface area contributed by atoms with Gasteiger partial charge in [0, 0.05) is 6.04 Å². The van der Waals surface area contributed by atoms with E-state index in [0.29, 0.717) is 17.6 Å². The minimum atomic E-state index is 0.255. The van der Waals surface area contributed by atoms with Gasteiger partial charge in [-0.2, -0.15) is 15.1 Å². The molecule has 0 radical (unpaired) electrons. The van der Waals surface area contributed by atoms with Gasteiger partial charge in [0.25, 0.3) is 0 Å². The first-order valence-electron chi connectivity index (χ1n) is 6.29. The molecule has 98 valence electrons. The molecule has 0 saturated heterocycles. The second-order valence-electron chi connectivity index (χ2n) is 5.08. The Morgan fingerprint density at radius 3 is 2.78 bits per heavy atom. The molecule has 4 N–H and O–H groups in total. The highest BCUT2D eigenvalue weighted by molar-refractivity contribution is 5.86. The van der Waals surface area contributed by atoms with Crippen molar-refractivity contribution in [3.05, 3.63) is 6.20 Å². The Kier molecular flexibility index (Phi) is 3.64. The Hall–Kier alpha value is -1.85. The molecule has 2 heterocycles. The average Bonchev–Trinajstić information content (AvgIpc) is 2.74. The quantitative estimate of drug-likeness (QED) is 0.754. The third kappa shape index (κ3) is 2.88. The molecule has 2 aromatic rings. The van der Waals surface area contributed by atoms with Crippen molar-refractivity contribution >= 4 is 22.8 Å². The predicted octanol–water partition coefficient (Wildman–Crippen LogP) is 2.17. The Morgan fingerprint density at radius 1 is 1.28 bits per heavy atom. The first-order valence-corrected chi connectivity index (χ1v) is 6.29. The summed E-state index contributed by atoms with van der Waals surface area (Å²) in [5.74, 6) is 1.71. The number of H-pyrrole nitrogens is 1. The number of nitrogens with two attached hydrogens (primary N) is 1. The zero-order valence-corrected chi connectivity index (χ0v) is 11.1. The van der Waals surface area contributed by atoms with E-state index in [4.69, 9.17) is 5.73 Å². The van der Waals surface area contributed by atoms with Crippen LogP contribution in [-0.2, 0) is 0 Å². The van der Waals surface area contributed by atoms with Gasteiger partial charge in [0.1, 0.15) is 5.82 Å². The lowest BCUT2D eigenvalue weighted by molar-refractivity contribution is 0.527. The molecule has 0 aliphatic carbocycles. The van der Waals surface area contributed by atoms with Crippen LogP contribution in [0.5, 0.6) is 0 Å². The summed E-state index contributed by atoms with van der Waals surface area (Å²) < 4.78 is 0. The van der Waals surface area contributed by atoms with E-state index in [1.165, 1.54) is 6.42 Å². The number of aromatic nitrogens is 4. The molecule has 0 aliphatic rings.